The van der Waals surface area contributed by atoms with Gasteiger partial charge in [0, 0.05) is 17.6 Å². The standard InChI is InChI=1S/C17H19BrN2O3S/c1-22-13-8-11(12(18)10-14(13)23-2)9-15-16(21)19-17(24-15)20-6-4-3-5-7-20/h8-10H,3-7H2,1-2H3/b15-9-. The molecule has 0 N–H and O–H groups in total. The average Bonchev–Trinajstić information content (AvgIpc) is 2.97. The molecule has 0 saturated carbocycles. The van der Waals surface area contributed by atoms with Crippen LogP contribution >= 0.6 is 27.7 Å². The third-order valence-electron chi connectivity index (χ3n) is 4.03. The van der Waals surface area contributed by atoms with Crippen molar-refractivity contribution in [2.24, 2.45) is 4.99 Å². The molecule has 0 bridgehead atoms. The second-order valence-electron chi connectivity index (χ2n) is 5.59. The maximum Gasteiger partial charge on any atom is 0.286 e. The van der Waals surface area contributed by atoms with Crippen molar-refractivity contribution in [1.29, 1.82) is 0 Å². The number of thioether (sulfide) groups is 1. The van der Waals surface area contributed by atoms with Gasteiger partial charge in [0.25, 0.3) is 5.91 Å². The summed E-state index contributed by atoms with van der Waals surface area (Å²) in [5, 5.41) is 0.822. The Morgan fingerprint density at radius 2 is 1.83 bits per heavy atom. The lowest BCUT2D eigenvalue weighted by Crippen LogP contribution is -2.33. The average molecular weight is 411 g/mol. The number of nitrogens with zero attached hydrogens (tertiary/aromatic N) is 2. The van der Waals surface area contributed by atoms with E-state index in [-0.39, 0.29) is 5.91 Å². The number of aliphatic imine (C=N–C) groups is 1. The van der Waals surface area contributed by atoms with Gasteiger partial charge in [0.1, 0.15) is 0 Å². The SMILES string of the molecule is COc1cc(Br)c(/C=C2\SC(N3CCCCC3)=NC2=O)cc1OC. The van der Waals surface area contributed by atoms with Crippen molar-refractivity contribution in [1.82, 2.24) is 4.90 Å². The summed E-state index contributed by atoms with van der Waals surface area (Å²) in [6, 6.07) is 3.68. The molecule has 0 spiro atoms. The number of hydrogen-bond donors (Lipinski definition) is 0. The molecule has 1 fully saturated rings. The normalized spacial score (nSPS) is 19.6. The largest absolute Gasteiger partial charge is 0.493 e. The van der Waals surface area contributed by atoms with Crippen molar-refractivity contribution >= 4 is 44.8 Å². The summed E-state index contributed by atoms with van der Waals surface area (Å²) in [5.41, 5.74) is 0.860. The first-order chi connectivity index (χ1) is 11.6. The summed E-state index contributed by atoms with van der Waals surface area (Å²) < 4.78 is 11.5. The molecule has 1 amide bonds. The predicted octanol–water partition coefficient (Wildman–Crippen LogP) is 3.92. The highest BCUT2D eigenvalue weighted by Crippen LogP contribution is 2.37. The number of amides is 1. The first kappa shape index (κ1) is 17.4. The zero-order valence-corrected chi connectivity index (χ0v) is 16.1. The Balaban J connectivity index is 1.83. The molecule has 0 aromatic heterocycles. The lowest BCUT2D eigenvalue weighted by Gasteiger charge is -2.27. The monoisotopic (exact) mass is 410 g/mol. The lowest BCUT2D eigenvalue weighted by atomic mass is 10.1. The summed E-state index contributed by atoms with van der Waals surface area (Å²) >= 11 is 4.97. The van der Waals surface area contributed by atoms with Gasteiger partial charge in [0.2, 0.25) is 0 Å². The topological polar surface area (TPSA) is 51.1 Å². The van der Waals surface area contributed by atoms with Crippen LogP contribution in [0.2, 0.25) is 0 Å². The first-order valence-corrected chi connectivity index (χ1v) is 9.42. The zero-order valence-electron chi connectivity index (χ0n) is 13.7. The minimum Gasteiger partial charge on any atom is -0.493 e. The van der Waals surface area contributed by atoms with E-state index in [9.17, 15) is 4.79 Å². The second-order valence-corrected chi connectivity index (χ2v) is 7.45. The molecule has 1 aromatic rings. The van der Waals surface area contributed by atoms with E-state index in [0.29, 0.717) is 16.4 Å². The van der Waals surface area contributed by atoms with Crippen LogP contribution in [0.5, 0.6) is 11.5 Å². The van der Waals surface area contributed by atoms with Crippen molar-refractivity contribution in [2.45, 2.75) is 19.3 Å². The van der Waals surface area contributed by atoms with Crippen molar-refractivity contribution < 1.29 is 14.3 Å². The van der Waals surface area contributed by atoms with Crippen molar-refractivity contribution in [3.05, 3.63) is 27.1 Å². The molecule has 24 heavy (non-hydrogen) atoms. The van der Waals surface area contributed by atoms with Crippen LogP contribution in [0.3, 0.4) is 0 Å². The summed E-state index contributed by atoms with van der Waals surface area (Å²) in [4.78, 5) is 19.3. The fraction of sp³-hybridized carbons (Fsp3) is 0.412. The van der Waals surface area contributed by atoms with Gasteiger partial charge in [-0.2, -0.15) is 4.99 Å². The van der Waals surface area contributed by atoms with Gasteiger partial charge in [-0.1, -0.05) is 15.9 Å². The van der Waals surface area contributed by atoms with Crippen LogP contribution in [0.15, 0.2) is 26.5 Å². The van der Waals surface area contributed by atoms with Gasteiger partial charge in [-0.05, 0) is 54.8 Å². The number of hydrogen-bond acceptors (Lipinski definition) is 5. The van der Waals surface area contributed by atoms with Gasteiger partial charge in [0.05, 0.1) is 19.1 Å². The van der Waals surface area contributed by atoms with Gasteiger partial charge in [-0.3, -0.25) is 4.79 Å². The third-order valence-corrected chi connectivity index (χ3v) is 5.76. The Bertz CT molecular complexity index is 712. The van der Waals surface area contributed by atoms with Gasteiger partial charge in [-0.15, -0.1) is 0 Å². The van der Waals surface area contributed by atoms with Crippen LogP contribution in [-0.2, 0) is 4.79 Å². The molecule has 2 aliphatic rings. The van der Waals surface area contributed by atoms with E-state index in [1.807, 2.05) is 18.2 Å². The molecule has 5 nitrogen and oxygen atoms in total. The Morgan fingerprint density at radius 3 is 2.50 bits per heavy atom. The summed E-state index contributed by atoms with van der Waals surface area (Å²) in [5.74, 6) is 1.09. The Hall–Kier alpha value is -1.47. The summed E-state index contributed by atoms with van der Waals surface area (Å²) in [6.07, 6.45) is 5.42. The van der Waals surface area contributed by atoms with E-state index in [0.717, 1.165) is 41.1 Å². The Morgan fingerprint density at radius 1 is 1.17 bits per heavy atom. The molecule has 0 atom stereocenters. The molecular weight excluding hydrogens is 392 g/mol. The number of amidine groups is 1. The minimum atomic E-state index is -0.178. The number of halogens is 1. The number of rotatable bonds is 3. The van der Waals surface area contributed by atoms with Crippen molar-refractivity contribution in [3.63, 3.8) is 0 Å². The maximum absolute atomic E-state index is 12.2. The van der Waals surface area contributed by atoms with Gasteiger partial charge in [0.15, 0.2) is 16.7 Å². The first-order valence-electron chi connectivity index (χ1n) is 7.81. The van der Waals surface area contributed by atoms with Crippen LogP contribution in [-0.4, -0.2) is 43.3 Å². The molecule has 7 heteroatoms. The van der Waals surface area contributed by atoms with E-state index in [2.05, 4.69) is 25.8 Å². The van der Waals surface area contributed by atoms with E-state index in [1.165, 1.54) is 18.2 Å². The number of piperidine rings is 1. The molecule has 0 unspecified atom stereocenters. The van der Waals surface area contributed by atoms with Crippen LogP contribution in [0.25, 0.3) is 6.08 Å². The number of carbonyl (C=O) groups excluding carboxylic acids is 1. The van der Waals surface area contributed by atoms with Crippen LogP contribution < -0.4 is 9.47 Å². The van der Waals surface area contributed by atoms with E-state index in [4.69, 9.17) is 9.47 Å². The van der Waals surface area contributed by atoms with Crippen molar-refractivity contribution in [2.75, 3.05) is 27.3 Å². The fourth-order valence-electron chi connectivity index (χ4n) is 2.74. The van der Waals surface area contributed by atoms with Crippen molar-refractivity contribution in [3.8, 4) is 11.5 Å². The second kappa shape index (κ2) is 7.61. The number of ether oxygens (including phenoxy) is 2. The highest BCUT2D eigenvalue weighted by atomic mass is 79.9. The van der Waals surface area contributed by atoms with E-state index >= 15 is 0 Å². The molecule has 0 aliphatic carbocycles. The van der Waals surface area contributed by atoms with Gasteiger partial charge in [-0.25, -0.2) is 0 Å². The molecule has 1 aromatic carbocycles. The molecule has 3 rings (SSSR count). The molecule has 0 radical (unpaired) electrons. The molecule has 2 heterocycles. The molecule has 128 valence electrons. The number of benzene rings is 1. The third kappa shape index (κ3) is 3.62. The van der Waals surface area contributed by atoms with Crippen LogP contribution in [0.4, 0.5) is 0 Å². The quantitative estimate of drug-likeness (QED) is 0.706. The molecule has 2 aliphatic heterocycles. The van der Waals surface area contributed by atoms with E-state index in [1.54, 1.807) is 14.2 Å². The Labute approximate surface area is 154 Å². The van der Waals surface area contributed by atoms with Gasteiger partial charge >= 0.3 is 0 Å². The zero-order chi connectivity index (χ0) is 17.1. The number of methoxy groups -OCH3 is 2. The highest BCUT2D eigenvalue weighted by molar-refractivity contribution is 9.10. The van der Waals surface area contributed by atoms with Gasteiger partial charge < -0.3 is 14.4 Å². The highest BCUT2D eigenvalue weighted by Gasteiger charge is 2.27. The molecular formula is C17H19BrN2O3S. The number of carbonyl (C=O) groups is 1. The van der Waals surface area contributed by atoms with Crippen LogP contribution in [0, 0.1) is 0 Å². The smallest absolute Gasteiger partial charge is 0.286 e. The Kier molecular flexibility index (Phi) is 5.50. The minimum absolute atomic E-state index is 0.178. The fourth-order valence-corrected chi connectivity index (χ4v) is 4.13. The maximum atomic E-state index is 12.2. The van der Waals surface area contributed by atoms with E-state index < -0.39 is 0 Å². The summed E-state index contributed by atoms with van der Waals surface area (Å²) in [6.45, 7) is 1.96. The lowest BCUT2D eigenvalue weighted by molar-refractivity contribution is -0.113. The predicted molar refractivity (Wildman–Crippen MR) is 101 cm³/mol. The number of likely N-dealkylation sites (tertiary alicyclic amines) is 1. The summed E-state index contributed by atoms with van der Waals surface area (Å²) in [7, 11) is 3.19. The van der Waals surface area contributed by atoms with Crippen LogP contribution in [0.1, 0.15) is 24.8 Å². The molecule has 1 saturated heterocycles.